The number of hydrogen-bond donors (Lipinski definition) is 1. The molecule has 25 heavy (non-hydrogen) atoms. The van der Waals surface area contributed by atoms with Gasteiger partial charge in [0.1, 0.15) is 19.0 Å². The molecule has 0 fully saturated rings. The second-order valence-electron chi connectivity index (χ2n) is 5.71. The minimum atomic E-state index is -0.593. The van der Waals surface area contributed by atoms with Crippen molar-refractivity contribution in [3.8, 4) is 17.2 Å². The molecule has 4 nitrogen and oxygen atoms in total. The highest BCUT2D eigenvalue weighted by Crippen LogP contribution is 2.45. The number of phenolic OH excluding ortho intramolecular Hbond substituents is 1. The summed E-state index contributed by atoms with van der Waals surface area (Å²) in [7, 11) is 0. The van der Waals surface area contributed by atoms with E-state index >= 15 is 0 Å². The first kappa shape index (κ1) is 18.7. The Bertz CT molecular complexity index is 822. The molecule has 0 spiro atoms. The predicted octanol–water partition coefficient (Wildman–Crippen LogP) is 5.32. The first-order chi connectivity index (χ1) is 11.9. The maximum atomic E-state index is 12.8. The summed E-state index contributed by atoms with van der Waals surface area (Å²) in [6.07, 6.45) is 0. The van der Waals surface area contributed by atoms with Gasteiger partial charge in [0.2, 0.25) is 0 Å². The van der Waals surface area contributed by atoms with Gasteiger partial charge >= 0.3 is 0 Å². The molecule has 0 unspecified atom stereocenters. The number of fused-ring (bicyclic) bond motifs is 1. The van der Waals surface area contributed by atoms with E-state index in [1.165, 1.54) is 0 Å². The minimum absolute atomic E-state index is 0.0231. The zero-order chi connectivity index (χ0) is 18.1. The SMILES string of the molecule is Cc1ccc(C(=O)[C@H](Br)[C@@H](Br)c2cc(Br)cc3c2OCCO3)c(O)c1. The number of carbonyl (C=O) groups is 1. The Morgan fingerprint density at radius 3 is 2.60 bits per heavy atom. The lowest BCUT2D eigenvalue weighted by molar-refractivity contribution is 0.0987. The molecule has 1 heterocycles. The second kappa shape index (κ2) is 7.68. The number of rotatable bonds is 4. The maximum Gasteiger partial charge on any atom is 0.181 e. The van der Waals surface area contributed by atoms with E-state index in [0.29, 0.717) is 24.7 Å². The monoisotopic (exact) mass is 532 g/mol. The average molecular weight is 535 g/mol. The fraction of sp³-hybridized carbons (Fsp3) is 0.278. The van der Waals surface area contributed by atoms with Crippen molar-refractivity contribution in [1.82, 2.24) is 0 Å². The molecule has 132 valence electrons. The Morgan fingerprint density at radius 1 is 1.16 bits per heavy atom. The fourth-order valence-corrected chi connectivity index (χ4v) is 4.21. The molecule has 0 bridgehead atoms. The first-order valence-electron chi connectivity index (χ1n) is 7.59. The Balaban J connectivity index is 1.94. The van der Waals surface area contributed by atoms with Crippen molar-refractivity contribution in [1.29, 1.82) is 0 Å². The number of ketones is 1. The van der Waals surface area contributed by atoms with Crippen LogP contribution >= 0.6 is 47.8 Å². The average Bonchev–Trinajstić information content (AvgIpc) is 2.59. The lowest BCUT2D eigenvalue weighted by Gasteiger charge is -2.25. The van der Waals surface area contributed by atoms with Crippen LogP contribution in [0.4, 0.5) is 0 Å². The summed E-state index contributed by atoms with van der Waals surface area (Å²) in [5.41, 5.74) is 1.96. The van der Waals surface area contributed by atoms with Gasteiger partial charge in [0.05, 0.1) is 15.2 Å². The van der Waals surface area contributed by atoms with Gasteiger partial charge in [0, 0.05) is 10.0 Å². The number of Topliss-reactive ketones (excluding diaryl/α,β-unsaturated/α-hetero) is 1. The van der Waals surface area contributed by atoms with Crippen LogP contribution in [0.3, 0.4) is 0 Å². The van der Waals surface area contributed by atoms with E-state index in [2.05, 4.69) is 47.8 Å². The zero-order valence-corrected chi connectivity index (χ0v) is 18.0. The quantitative estimate of drug-likeness (QED) is 0.426. The van der Waals surface area contributed by atoms with E-state index in [0.717, 1.165) is 15.6 Å². The van der Waals surface area contributed by atoms with Gasteiger partial charge in [-0.25, -0.2) is 0 Å². The second-order valence-corrected chi connectivity index (χ2v) is 8.60. The van der Waals surface area contributed by atoms with Crippen LogP contribution in [0.5, 0.6) is 17.2 Å². The third-order valence-electron chi connectivity index (χ3n) is 3.86. The summed E-state index contributed by atoms with van der Waals surface area (Å²) in [6.45, 7) is 2.81. The largest absolute Gasteiger partial charge is 0.507 e. The standard InChI is InChI=1S/C18H15Br3O4/c1-9-2-3-11(13(22)6-9)17(23)16(21)15(20)12-7-10(19)8-14-18(12)25-5-4-24-14/h2-3,6-8,15-16,22H,4-5H2,1H3/t15-,16+/m0/s1. The normalized spacial score (nSPS) is 15.5. The molecule has 0 radical (unpaired) electrons. The lowest BCUT2D eigenvalue weighted by Crippen LogP contribution is -2.22. The number of benzene rings is 2. The van der Waals surface area contributed by atoms with Crippen LogP contribution in [0.2, 0.25) is 0 Å². The van der Waals surface area contributed by atoms with Crippen molar-refractivity contribution >= 4 is 53.6 Å². The predicted molar refractivity (Wildman–Crippen MR) is 107 cm³/mol. The number of aromatic hydroxyl groups is 1. The van der Waals surface area contributed by atoms with Gasteiger partial charge in [-0.3, -0.25) is 4.79 Å². The summed E-state index contributed by atoms with van der Waals surface area (Å²) < 4.78 is 12.2. The summed E-state index contributed by atoms with van der Waals surface area (Å²) in [5.74, 6) is 1.03. The molecule has 0 aromatic heterocycles. The van der Waals surface area contributed by atoms with E-state index in [9.17, 15) is 9.90 Å². The molecule has 1 aliphatic rings. The molecule has 2 aromatic carbocycles. The number of ether oxygens (including phenoxy) is 2. The highest BCUT2D eigenvalue weighted by Gasteiger charge is 2.31. The molecular weight excluding hydrogens is 520 g/mol. The number of aryl methyl sites for hydroxylation is 1. The van der Waals surface area contributed by atoms with E-state index in [1.54, 1.807) is 18.2 Å². The summed E-state index contributed by atoms with van der Waals surface area (Å²) >= 11 is 10.5. The Hall–Kier alpha value is -1.05. The Kier molecular flexibility index (Phi) is 5.75. The van der Waals surface area contributed by atoms with Gasteiger partial charge in [-0.2, -0.15) is 0 Å². The molecule has 3 rings (SSSR count). The number of hydrogen-bond acceptors (Lipinski definition) is 4. The third kappa shape index (κ3) is 3.88. The Labute approximate surface area is 170 Å². The van der Waals surface area contributed by atoms with Crippen molar-refractivity contribution in [2.24, 2.45) is 0 Å². The van der Waals surface area contributed by atoms with E-state index in [1.807, 2.05) is 19.1 Å². The van der Waals surface area contributed by atoms with Crippen molar-refractivity contribution in [2.45, 2.75) is 16.6 Å². The number of alkyl halides is 2. The van der Waals surface area contributed by atoms with Crippen LogP contribution in [0, 0.1) is 6.92 Å². The van der Waals surface area contributed by atoms with Crippen molar-refractivity contribution in [3.63, 3.8) is 0 Å². The third-order valence-corrected chi connectivity index (χ3v) is 6.99. The molecule has 0 aliphatic carbocycles. The molecule has 2 aromatic rings. The van der Waals surface area contributed by atoms with E-state index in [4.69, 9.17) is 9.47 Å². The topological polar surface area (TPSA) is 55.8 Å². The van der Waals surface area contributed by atoms with Crippen LogP contribution in [-0.2, 0) is 0 Å². The lowest BCUT2D eigenvalue weighted by atomic mass is 10.00. The molecule has 0 saturated heterocycles. The van der Waals surface area contributed by atoms with Crippen molar-refractivity contribution < 1.29 is 19.4 Å². The van der Waals surface area contributed by atoms with Gasteiger partial charge < -0.3 is 14.6 Å². The first-order valence-corrected chi connectivity index (χ1v) is 10.2. The summed E-state index contributed by atoms with van der Waals surface area (Å²) in [4.78, 5) is 11.9. The fourth-order valence-electron chi connectivity index (χ4n) is 2.64. The van der Waals surface area contributed by atoms with Gasteiger partial charge in [-0.05, 0) is 36.8 Å². The summed E-state index contributed by atoms with van der Waals surface area (Å²) in [6, 6.07) is 8.75. The molecule has 1 aliphatic heterocycles. The number of phenols is 1. The minimum Gasteiger partial charge on any atom is -0.507 e. The zero-order valence-electron chi connectivity index (χ0n) is 13.3. The van der Waals surface area contributed by atoms with Gasteiger partial charge in [-0.15, -0.1) is 0 Å². The molecule has 2 atom stereocenters. The van der Waals surface area contributed by atoms with Gasteiger partial charge in [0.15, 0.2) is 17.3 Å². The van der Waals surface area contributed by atoms with Crippen LogP contribution < -0.4 is 9.47 Å². The van der Waals surface area contributed by atoms with E-state index in [-0.39, 0.29) is 21.9 Å². The van der Waals surface area contributed by atoms with Gasteiger partial charge in [-0.1, -0.05) is 53.9 Å². The van der Waals surface area contributed by atoms with Crippen molar-refractivity contribution in [3.05, 3.63) is 51.5 Å². The van der Waals surface area contributed by atoms with Crippen LogP contribution in [-0.4, -0.2) is 28.9 Å². The molecular formula is C18H15Br3O4. The highest BCUT2D eigenvalue weighted by atomic mass is 79.9. The van der Waals surface area contributed by atoms with Crippen LogP contribution in [0.15, 0.2) is 34.8 Å². The molecule has 1 N–H and O–H groups in total. The molecule has 7 heteroatoms. The van der Waals surface area contributed by atoms with Crippen molar-refractivity contribution in [2.75, 3.05) is 13.2 Å². The van der Waals surface area contributed by atoms with E-state index < -0.39 is 4.83 Å². The smallest absolute Gasteiger partial charge is 0.181 e. The summed E-state index contributed by atoms with van der Waals surface area (Å²) in [5, 5.41) is 10.1. The molecule has 0 amide bonds. The molecule has 0 saturated carbocycles. The maximum absolute atomic E-state index is 12.8. The van der Waals surface area contributed by atoms with Crippen LogP contribution in [0.25, 0.3) is 0 Å². The Morgan fingerprint density at radius 2 is 1.88 bits per heavy atom. The number of carbonyl (C=O) groups excluding carboxylic acids is 1. The van der Waals surface area contributed by atoms with Gasteiger partial charge in [0.25, 0.3) is 0 Å². The van der Waals surface area contributed by atoms with Crippen LogP contribution in [0.1, 0.15) is 26.3 Å². The highest BCUT2D eigenvalue weighted by molar-refractivity contribution is 9.12. The number of halogens is 3.